The molecule has 0 aliphatic carbocycles. The van der Waals surface area contributed by atoms with Crippen LogP contribution in [0.3, 0.4) is 0 Å². The predicted octanol–water partition coefficient (Wildman–Crippen LogP) is 1.55. The Balaban J connectivity index is 1.02. The summed E-state index contributed by atoms with van der Waals surface area (Å²) < 4.78 is 0. The van der Waals surface area contributed by atoms with Gasteiger partial charge in [-0.25, -0.2) is 0 Å². The molecule has 3 fully saturated rings. The van der Waals surface area contributed by atoms with Crippen LogP contribution in [-0.2, 0) is 9.59 Å². The zero-order valence-electron chi connectivity index (χ0n) is 21.9. The van der Waals surface area contributed by atoms with Crippen LogP contribution in [0.1, 0.15) is 50.8 Å². The molecule has 1 atom stereocenters. The molecule has 0 bridgehead atoms. The fourth-order valence-electron chi connectivity index (χ4n) is 6.01. The fraction of sp³-hybridized carbons (Fsp3) is 0.414. The molecule has 0 radical (unpaired) electrons. The average molecular weight is 530 g/mol. The Morgan fingerprint density at radius 1 is 0.846 bits per heavy atom. The van der Waals surface area contributed by atoms with Crippen LogP contribution in [0.4, 0.5) is 11.4 Å². The van der Waals surface area contributed by atoms with Crippen molar-refractivity contribution < 1.29 is 24.0 Å². The van der Waals surface area contributed by atoms with Crippen LogP contribution in [0.5, 0.6) is 0 Å². The molecule has 1 N–H and O–H groups in total. The number of hydrogen-bond donors (Lipinski definition) is 1. The number of carbonyl (C=O) groups excluding carboxylic acids is 5. The van der Waals surface area contributed by atoms with E-state index in [-0.39, 0.29) is 24.5 Å². The van der Waals surface area contributed by atoms with Crippen molar-refractivity contribution in [1.82, 2.24) is 15.1 Å². The summed E-state index contributed by atoms with van der Waals surface area (Å²) in [5.41, 5.74) is 3.40. The maximum Gasteiger partial charge on any atom is 0.262 e. The van der Waals surface area contributed by atoms with Gasteiger partial charge in [0.05, 0.1) is 11.1 Å². The van der Waals surface area contributed by atoms with Gasteiger partial charge in [-0.2, -0.15) is 0 Å². The summed E-state index contributed by atoms with van der Waals surface area (Å²) in [5, 5.41) is 2.23. The van der Waals surface area contributed by atoms with Gasteiger partial charge in [0.25, 0.3) is 11.8 Å². The van der Waals surface area contributed by atoms with E-state index in [0.717, 1.165) is 67.7 Å². The minimum Gasteiger partial charge on any atom is -0.371 e. The molecule has 10 nitrogen and oxygen atoms in total. The van der Waals surface area contributed by atoms with Crippen molar-refractivity contribution in [3.8, 4) is 0 Å². The topological polar surface area (TPSA) is 110 Å². The van der Waals surface area contributed by atoms with Crippen LogP contribution in [0.15, 0.2) is 42.5 Å². The van der Waals surface area contributed by atoms with Crippen LogP contribution in [0, 0.1) is 5.92 Å². The molecule has 39 heavy (non-hydrogen) atoms. The molecule has 10 heteroatoms. The van der Waals surface area contributed by atoms with Crippen LogP contribution >= 0.6 is 0 Å². The van der Waals surface area contributed by atoms with Gasteiger partial charge in [0, 0.05) is 75.1 Å². The van der Waals surface area contributed by atoms with Gasteiger partial charge >= 0.3 is 0 Å². The van der Waals surface area contributed by atoms with Crippen molar-refractivity contribution in [1.29, 1.82) is 0 Å². The molecule has 0 spiro atoms. The van der Waals surface area contributed by atoms with Crippen molar-refractivity contribution in [2.75, 3.05) is 55.6 Å². The molecule has 4 amide bonds. The lowest BCUT2D eigenvalue weighted by molar-refractivity contribution is -0.136. The highest BCUT2D eigenvalue weighted by Gasteiger charge is 2.44. The predicted molar refractivity (Wildman–Crippen MR) is 144 cm³/mol. The van der Waals surface area contributed by atoms with E-state index in [4.69, 9.17) is 0 Å². The highest BCUT2D eigenvalue weighted by molar-refractivity contribution is 6.23. The Hall–Kier alpha value is -4.05. The molecule has 2 aromatic carbocycles. The number of hydrogen-bond acceptors (Lipinski definition) is 8. The van der Waals surface area contributed by atoms with Crippen molar-refractivity contribution in [2.24, 2.45) is 5.92 Å². The summed E-state index contributed by atoms with van der Waals surface area (Å²) in [6.45, 7) is 8.09. The molecular weight excluding hydrogens is 498 g/mol. The van der Waals surface area contributed by atoms with Gasteiger partial charge in [-0.1, -0.05) is 0 Å². The first-order chi connectivity index (χ1) is 18.8. The lowest BCUT2D eigenvalue weighted by Crippen LogP contribution is -2.55. The third-order valence-corrected chi connectivity index (χ3v) is 8.27. The van der Waals surface area contributed by atoms with Crippen molar-refractivity contribution in [2.45, 2.75) is 25.8 Å². The quantitative estimate of drug-likeness (QED) is 0.444. The zero-order chi connectivity index (χ0) is 27.3. The Bertz CT molecular complexity index is 1360. The second-order valence-corrected chi connectivity index (χ2v) is 10.8. The number of fused-ring (bicyclic) bond motifs is 1. The van der Waals surface area contributed by atoms with Gasteiger partial charge in [-0.15, -0.1) is 0 Å². The van der Waals surface area contributed by atoms with Crippen LogP contribution in [0.2, 0.25) is 0 Å². The third kappa shape index (κ3) is 4.69. The summed E-state index contributed by atoms with van der Waals surface area (Å²) in [7, 11) is 0. The molecule has 6 rings (SSSR count). The molecule has 2 aromatic rings. The molecule has 0 aromatic heterocycles. The lowest BCUT2D eigenvalue weighted by atomic mass is 9.97. The Morgan fingerprint density at radius 3 is 2.18 bits per heavy atom. The number of benzene rings is 2. The highest BCUT2D eigenvalue weighted by atomic mass is 16.2. The molecule has 4 aliphatic rings. The van der Waals surface area contributed by atoms with Gasteiger partial charge in [-0.3, -0.25) is 39.1 Å². The monoisotopic (exact) mass is 529 g/mol. The number of carbonyl (C=O) groups is 5. The Kier molecular flexibility index (Phi) is 6.42. The van der Waals surface area contributed by atoms with Crippen LogP contribution in [0.25, 0.3) is 0 Å². The van der Waals surface area contributed by atoms with E-state index in [9.17, 15) is 24.0 Å². The minimum atomic E-state index is -0.954. The van der Waals surface area contributed by atoms with Gasteiger partial charge in [-0.05, 0) is 55.8 Å². The summed E-state index contributed by atoms with van der Waals surface area (Å²) >= 11 is 0. The second-order valence-electron chi connectivity index (χ2n) is 10.8. The highest BCUT2D eigenvalue weighted by Crippen LogP contribution is 2.31. The molecule has 202 valence electrons. The SMILES string of the molecule is CC(=O)c1ccc(N2CC(CN3CCN(c4ccc5c(c4)C(=O)N(C4CCC(=O)NC4=O)C5=O)CC3)C2)cc1. The number of piperazine rings is 1. The van der Waals surface area contributed by atoms with E-state index >= 15 is 0 Å². The smallest absolute Gasteiger partial charge is 0.262 e. The first-order valence-electron chi connectivity index (χ1n) is 13.5. The zero-order valence-corrected chi connectivity index (χ0v) is 21.9. The molecular formula is C29H31N5O5. The lowest BCUT2D eigenvalue weighted by Gasteiger charge is -2.45. The number of ketones is 1. The Labute approximate surface area is 226 Å². The minimum absolute atomic E-state index is 0.0800. The number of piperidine rings is 1. The molecule has 3 saturated heterocycles. The van der Waals surface area contributed by atoms with E-state index in [1.54, 1.807) is 19.1 Å². The largest absolute Gasteiger partial charge is 0.371 e. The number of nitrogens with zero attached hydrogens (tertiary/aromatic N) is 4. The van der Waals surface area contributed by atoms with Crippen molar-refractivity contribution >= 4 is 40.8 Å². The summed E-state index contributed by atoms with van der Waals surface area (Å²) in [6.07, 6.45) is 0.252. The number of amides is 4. The maximum atomic E-state index is 13.2. The van der Waals surface area contributed by atoms with Gasteiger partial charge < -0.3 is 9.80 Å². The van der Waals surface area contributed by atoms with Gasteiger partial charge in [0.2, 0.25) is 11.8 Å². The number of imide groups is 2. The van der Waals surface area contributed by atoms with Gasteiger partial charge in [0.1, 0.15) is 6.04 Å². The number of anilines is 2. The van der Waals surface area contributed by atoms with Crippen LogP contribution < -0.4 is 15.1 Å². The van der Waals surface area contributed by atoms with E-state index in [1.165, 1.54) is 0 Å². The van der Waals surface area contributed by atoms with Crippen LogP contribution in [-0.4, -0.2) is 91.1 Å². The molecule has 0 saturated carbocycles. The van der Waals surface area contributed by atoms with Crippen molar-refractivity contribution in [3.05, 3.63) is 59.2 Å². The van der Waals surface area contributed by atoms with E-state index in [0.29, 0.717) is 17.0 Å². The first-order valence-corrected chi connectivity index (χ1v) is 13.5. The average Bonchev–Trinajstić information content (AvgIpc) is 3.15. The summed E-state index contributed by atoms with van der Waals surface area (Å²) in [5.74, 6) is -1.26. The summed E-state index contributed by atoms with van der Waals surface area (Å²) in [4.78, 5) is 69.5. The van der Waals surface area contributed by atoms with E-state index in [2.05, 4.69) is 20.0 Å². The maximum absolute atomic E-state index is 13.2. The van der Waals surface area contributed by atoms with E-state index in [1.807, 2.05) is 30.3 Å². The number of Topliss-reactive ketones (excluding diaryl/α,β-unsaturated/α-hetero) is 1. The molecule has 4 heterocycles. The second kappa shape index (κ2) is 9.92. The first kappa shape index (κ1) is 25.2. The molecule has 1 unspecified atom stereocenters. The van der Waals surface area contributed by atoms with Gasteiger partial charge in [0.15, 0.2) is 5.78 Å². The number of nitrogens with one attached hydrogen (secondary N) is 1. The standard InChI is InChI=1S/C29H31N5O5/c1-18(35)20-2-4-21(5-3-20)33-16-19(17-33)15-31-10-12-32(13-11-31)22-6-7-23-24(14-22)29(39)34(28(23)38)25-8-9-26(36)30-27(25)37/h2-7,14,19,25H,8-13,15-17H2,1H3,(H,30,36,37). The number of rotatable bonds is 6. The third-order valence-electron chi connectivity index (χ3n) is 8.27. The molecule has 4 aliphatic heterocycles. The van der Waals surface area contributed by atoms with E-state index < -0.39 is 23.8 Å². The normalized spacial score (nSPS) is 22.2. The Morgan fingerprint density at radius 2 is 1.51 bits per heavy atom. The van der Waals surface area contributed by atoms with Crippen molar-refractivity contribution in [3.63, 3.8) is 0 Å². The summed E-state index contributed by atoms with van der Waals surface area (Å²) in [6, 6.07) is 12.2. The fourth-order valence-corrected chi connectivity index (χ4v) is 6.01.